The van der Waals surface area contributed by atoms with Crippen molar-refractivity contribution >= 4 is 91.0 Å². The van der Waals surface area contributed by atoms with E-state index in [0.717, 1.165) is 110 Å². The van der Waals surface area contributed by atoms with Gasteiger partial charge in [0.15, 0.2) is 20.5 Å². The van der Waals surface area contributed by atoms with Gasteiger partial charge in [0.25, 0.3) is 0 Å². The summed E-state index contributed by atoms with van der Waals surface area (Å²) in [5.41, 5.74) is -1.11. The zero-order valence-electron chi connectivity index (χ0n) is 24.5. The third-order valence-corrected chi connectivity index (χ3v) is 19.1. The molecule has 1 aliphatic heterocycles. The first-order chi connectivity index (χ1) is 20.2. The molecule has 8 bridgehead atoms. The number of rotatable bonds is 0. The van der Waals surface area contributed by atoms with Gasteiger partial charge in [0, 0.05) is 67.7 Å². The Morgan fingerprint density at radius 1 is 0.381 bits per heavy atom. The quantitative estimate of drug-likeness (QED) is 0.254. The Bertz CT molecular complexity index is 934. The monoisotopic (exact) mass is 684 g/mol. The normalized spacial score (nSPS) is 47.0. The Morgan fingerprint density at radius 2 is 0.619 bits per heavy atom. The smallest absolute Gasteiger partial charge is 0.195 e. The Kier molecular flexibility index (Phi) is 9.28. The fraction of sp³-hybridized carbons (Fsp3) is 0.875. The standard InChI is InChI=1S/C32H44O4S6/c33-25-29-11-21-9-22(12-29)14-30(13-21,19-29)27(35)41-7-3-38-4-8-42-28(36)32-17-23-10-24(18-32)16-31(15-23,20-32)26(34)40-6-2-37-1-5-39-25/h21-24H,1-20H2. The van der Waals surface area contributed by atoms with Gasteiger partial charge in [0.1, 0.15) is 0 Å². The molecule has 232 valence electrons. The van der Waals surface area contributed by atoms with Crippen molar-refractivity contribution in [3.8, 4) is 0 Å². The number of thioether (sulfide) groups is 6. The van der Waals surface area contributed by atoms with Crippen molar-refractivity contribution in [3.05, 3.63) is 0 Å². The van der Waals surface area contributed by atoms with Crippen LogP contribution in [-0.4, -0.2) is 66.5 Å². The molecule has 42 heavy (non-hydrogen) atoms. The molecule has 0 radical (unpaired) electrons. The molecule has 9 rings (SSSR count). The minimum Gasteiger partial charge on any atom is -0.287 e. The maximum absolute atomic E-state index is 13.7. The Morgan fingerprint density at radius 3 is 0.857 bits per heavy atom. The van der Waals surface area contributed by atoms with Gasteiger partial charge in [-0.15, -0.1) is 0 Å². The van der Waals surface area contributed by atoms with Crippen LogP contribution in [0, 0.1) is 45.3 Å². The molecule has 8 saturated carbocycles. The van der Waals surface area contributed by atoms with Crippen LogP contribution in [0.4, 0.5) is 0 Å². The largest absolute Gasteiger partial charge is 0.287 e. The summed E-state index contributed by atoms with van der Waals surface area (Å²) >= 11 is 9.81. The first-order valence-corrected chi connectivity index (χ1v) is 22.3. The van der Waals surface area contributed by atoms with Gasteiger partial charge in [0.2, 0.25) is 0 Å². The fourth-order valence-electron chi connectivity index (χ4n) is 11.1. The fourth-order valence-corrected chi connectivity index (χ4v) is 17.6. The minimum absolute atomic E-state index is 0.278. The molecule has 8 aliphatic carbocycles. The number of carbonyl (C=O) groups is 4. The van der Waals surface area contributed by atoms with Crippen LogP contribution in [0.25, 0.3) is 0 Å². The number of carbonyl (C=O) groups excluding carboxylic acids is 4. The first-order valence-electron chi connectivity index (χ1n) is 16.1. The summed E-state index contributed by atoms with van der Waals surface area (Å²) in [6.07, 6.45) is 12.0. The first kappa shape index (κ1) is 31.4. The third-order valence-electron chi connectivity index (χ3n) is 11.7. The summed E-state index contributed by atoms with van der Waals surface area (Å²) in [5, 5.41) is 1.43. The van der Waals surface area contributed by atoms with E-state index in [1.165, 1.54) is 59.9 Å². The summed E-state index contributed by atoms with van der Waals surface area (Å²) in [6, 6.07) is 0. The Hall–Kier alpha value is 0.780. The van der Waals surface area contributed by atoms with E-state index in [9.17, 15) is 19.2 Å². The Balaban J connectivity index is 1.02. The zero-order chi connectivity index (χ0) is 29.0. The van der Waals surface area contributed by atoms with Crippen LogP contribution < -0.4 is 0 Å². The zero-order valence-corrected chi connectivity index (χ0v) is 29.4. The highest BCUT2D eigenvalue weighted by Gasteiger charge is 2.64. The maximum atomic E-state index is 13.7. The molecule has 0 N–H and O–H groups in total. The summed E-state index contributed by atoms with van der Waals surface area (Å²) in [7, 11) is 0. The van der Waals surface area contributed by atoms with Crippen LogP contribution >= 0.6 is 70.6 Å². The van der Waals surface area contributed by atoms with E-state index >= 15 is 0 Å². The second-order valence-corrected chi connectivity index (χ2v) is 21.5. The molecule has 9 aliphatic rings. The van der Waals surface area contributed by atoms with Gasteiger partial charge in [-0.1, -0.05) is 47.0 Å². The van der Waals surface area contributed by atoms with Gasteiger partial charge in [-0.2, -0.15) is 23.5 Å². The van der Waals surface area contributed by atoms with E-state index < -0.39 is 0 Å². The lowest BCUT2D eigenvalue weighted by atomic mass is 9.44. The lowest BCUT2D eigenvalue weighted by Gasteiger charge is -2.60. The van der Waals surface area contributed by atoms with E-state index in [0.29, 0.717) is 44.1 Å². The van der Waals surface area contributed by atoms with Crippen molar-refractivity contribution in [2.24, 2.45) is 45.3 Å². The topological polar surface area (TPSA) is 68.3 Å². The molecule has 0 atom stereocenters. The molecule has 1 saturated heterocycles. The van der Waals surface area contributed by atoms with Crippen LogP contribution in [0.15, 0.2) is 0 Å². The highest BCUT2D eigenvalue weighted by molar-refractivity contribution is 8.16. The molecule has 10 heteroatoms. The molecule has 0 aromatic heterocycles. The van der Waals surface area contributed by atoms with Gasteiger partial charge >= 0.3 is 0 Å². The molecule has 9 fully saturated rings. The second-order valence-electron chi connectivity index (χ2n) is 14.8. The molecule has 1 heterocycles. The molecule has 0 unspecified atom stereocenters. The highest BCUT2D eigenvalue weighted by Crippen LogP contribution is 2.68. The van der Waals surface area contributed by atoms with Crippen molar-refractivity contribution in [1.82, 2.24) is 0 Å². The summed E-state index contributed by atoms with van der Waals surface area (Å²) < 4.78 is 0. The summed E-state index contributed by atoms with van der Waals surface area (Å²) in [4.78, 5) is 54.8. The van der Waals surface area contributed by atoms with Crippen LogP contribution in [0.5, 0.6) is 0 Å². The lowest BCUT2D eigenvalue weighted by Crippen LogP contribution is -2.56. The molecular formula is C32H44O4S6. The van der Waals surface area contributed by atoms with Crippen molar-refractivity contribution < 1.29 is 19.2 Å². The molecule has 4 nitrogen and oxygen atoms in total. The predicted octanol–water partition coefficient (Wildman–Crippen LogP) is 7.68. The molecular weight excluding hydrogens is 641 g/mol. The van der Waals surface area contributed by atoms with Crippen molar-refractivity contribution in [3.63, 3.8) is 0 Å². The van der Waals surface area contributed by atoms with Crippen LogP contribution in [0.2, 0.25) is 0 Å². The van der Waals surface area contributed by atoms with Crippen molar-refractivity contribution in [2.45, 2.75) is 77.0 Å². The predicted molar refractivity (Wildman–Crippen MR) is 184 cm³/mol. The van der Waals surface area contributed by atoms with Gasteiger partial charge < -0.3 is 0 Å². The maximum Gasteiger partial charge on any atom is 0.195 e. The minimum atomic E-state index is -0.278. The average molecular weight is 685 g/mol. The van der Waals surface area contributed by atoms with Gasteiger partial charge in [0.05, 0.1) is 0 Å². The van der Waals surface area contributed by atoms with Crippen LogP contribution in [-0.2, 0) is 19.2 Å². The van der Waals surface area contributed by atoms with E-state index in [-0.39, 0.29) is 21.7 Å². The van der Waals surface area contributed by atoms with Crippen molar-refractivity contribution in [2.75, 3.05) is 46.0 Å². The molecule has 4 spiro atoms. The summed E-state index contributed by atoms with van der Waals surface area (Å²) in [6.45, 7) is 0. The average Bonchev–Trinajstić information content (AvgIpc) is 2.93. The molecule has 0 aromatic rings. The molecule has 0 amide bonds. The van der Waals surface area contributed by atoms with Gasteiger partial charge in [-0.3, -0.25) is 19.2 Å². The van der Waals surface area contributed by atoms with E-state index in [1.807, 2.05) is 23.5 Å². The molecule has 0 aromatic carbocycles. The number of hydrogen-bond donors (Lipinski definition) is 0. The van der Waals surface area contributed by atoms with Crippen LogP contribution in [0.3, 0.4) is 0 Å². The lowest BCUT2D eigenvalue weighted by molar-refractivity contribution is -0.154. The van der Waals surface area contributed by atoms with Gasteiger partial charge in [-0.05, 0) is 101 Å². The Labute approximate surface area is 276 Å². The number of hydrogen-bond acceptors (Lipinski definition) is 10. The van der Waals surface area contributed by atoms with Crippen molar-refractivity contribution in [1.29, 1.82) is 0 Å². The SMILES string of the molecule is O=C1SCCSCCSC(=O)C23CC4CC(C2)CC(C4)(C3)C(=O)SCCSCCSC(=O)C23CC4CC(CC1(C4)C2)C3. The second kappa shape index (κ2) is 12.4. The van der Waals surface area contributed by atoms with Crippen LogP contribution in [0.1, 0.15) is 77.0 Å². The third kappa shape index (κ3) is 5.88. The highest BCUT2D eigenvalue weighted by atomic mass is 32.2. The van der Waals surface area contributed by atoms with Gasteiger partial charge in [-0.25, -0.2) is 0 Å². The summed E-state index contributed by atoms with van der Waals surface area (Å²) in [5.74, 6) is 9.14. The van der Waals surface area contributed by atoms with E-state index in [2.05, 4.69) is 0 Å². The van der Waals surface area contributed by atoms with E-state index in [1.54, 1.807) is 0 Å². The van der Waals surface area contributed by atoms with E-state index in [4.69, 9.17) is 0 Å².